The summed E-state index contributed by atoms with van der Waals surface area (Å²) in [5.74, 6) is 0. The molecule has 0 unspecified atom stereocenters. The molecule has 0 aliphatic rings. The van der Waals surface area contributed by atoms with Crippen molar-refractivity contribution in [3.8, 4) is 0 Å². The van der Waals surface area contributed by atoms with Gasteiger partial charge in [0, 0.05) is 14.2 Å². The van der Waals surface area contributed by atoms with Crippen molar-refractivity contribution >= 4 is 0 Å². The molecule has 0 rings (SSSR count). The van der Waals surface area contributed by atoms with Gasteiger partial charge in [0.15, 0.2) is 0 Å². The Morgan fingerprint density at radius 3 is 1.00 bits per heavy atom. The maximum atomic E-state index is 9.75. The fraction of sp³-hybridized carbons (Fsp3) is 1.00. The van der Waals surface area contributed by atoms with Crippen LogP contribution in [0.15, 0.2) is 0 Å². The van der Waals surface area contributed by atoms with Gasteiger partial charge in [-0.05, 0) is 0 Å². The molecule has 0 aromatic heterocycles. The monoisotopic (exact) mass is 150 g/mol. The predicted molar refractivity (Wildman–Crippen MR) is 18.5 cm³/mol. The Kier molecular flexibility index (Phi) is 196. The maximum absolute atomic E-state index is 9.75. The van der Waals surface area contributed by atoms with E-state index in [9.17, 15) is 6.18 Å². The van der Waals surface area contributed by atoms with Gasteiger partial charge in [-0.1, -0.05) is 0 Å². The molecule has 0 atom stereocenters. The van der Waals surface area contributed by atoms with Crippen LogP contribution in [0.2, 0.25) is 0 Å². The zero-order chi connectivity index (χ0) is 6.71. The summed E-state index contributed by atoms with van der Waals surface area (Å²) in [7, 11) is 2.00. The van der Waals surface area contributed by atoms with Crippen molar-refractivity contribution in [2.24, 2.45) is 0 Å². The Hall–Kier alpha value is 0.494. The summed E-state index contributed by atoms with van der Waals surface area (Å²) >= 11 is -2.50. The number of aliphatic hydroxyl groups excluding tert-OH is 2. The normalized spacial score (nSPS) is 3.71. The average Bonchev–Trinajstić information content (AvgIpc) is 1.78. The van der Waals surface area contributed by atoms with Crippen LogP contribution in [0.25, 0.3) is 0 Å². The summed E-state index contributed by atoms with van der Waals surface area (Å²) < 4.78 is 19.5. The van der Waals surface area contributed by atoms with Gasteiger partial charge in [-0.15, -0.1) is 0 Å². The van der Waals surface area contributed by atoms with E-state index in [1.807, 2.05) is 0 Å². The number of rotatable bonds is 0. The molecule has 0 radical (unpaired) electrons. The third kappa shape index (κ3) is 537. The van der Waals surface area contributed by atoms with E-state index < -0.39 is 20.2 Å². The molecule has 0 aromatic rings. The summed E-state index contributed by atoms with van der Waals surface area (Å²) in [6.07, 6.45) is 0. The van der Waals surface area contributed by atoms with Gasteiger partial charge in [-0.3, -0.25) is 0 Å². The molecule has 0 aliphatic carbocycles. The summed E-state index contributed by atoms with van der Waals surface area (Å²) in [5.41, 5.74) is 0. The van der Waals surface area contributed by atoms with Crippen LogP contribution in [0.3, 0.4) is 0 Å². The van der Waals surface area contributed by atoms with Gasteiger partial charge in [-0.25, -0.2) is 0 Å². The summed E-state index contributed by atoms with van der Waals surface area (Å²) in [6.45, 7) is 0. The van der Waals surface area contributed by atoms with Crippen LogP contribution >= 0.6 is 0 Å². The SMILES string of the molecule is CO.CO.[F][Ti][F]. The van der Waals surface area contributed by atoms with Crippen LogP contribution in [0.5, 0.6) is 0 Å². The molecule has 0 fully saturated rings. The topological polar surface area (TPSA) is 40.5 Å². The van der Waals surface area contributed by atoms with Gasteiger partial charge in [0.05, 0.1) is 0 Å². The summed E-state index contributed by atoms with van der Waals surface area (Å²) in [5, 5.41) is 14.0. The molecule has 0 spiro atoms. The predicted octanol–water partition coefficient (Wildman–Crippen LogP) is 0.0549. The molecule has 7 heavy (non-hydrogen) atoms. The molecule has 46 valence electrons. The first-order chi connectivity index (χ1) is 3.41. The molecule has 2 N–H and O–H groups in total. The summed E-state index contributed by atoms with van der Waals surface area (Å²) in [6, 6.07) is 0. The second-order valence-corrected chi connectivity index (χ2v) is 0.295. The zero-order valence-corrected chi connectivity index (χ0v) is 5.71. The third-order valence-corrected chi connectivity index (χ3v) is 0. The van der Waals surface area contributed by atoms with Crippen LogP contribution in [0.4, 0.5) is 6.18 Å². The second-order valence-electron chi connectivity index (χ2n) is 0.0714. The van der Waals surface area contributed by atoms with E-state index in [1.165, 1.54) is 0 Å². The van der Waals surface area contributed by atoms with E-state index in [1.54, 1.807) is 0 Å². The minimum atomic E-state index is -2.50. The van der Waals surface area contributed by atoms with Crippen LogP contribution in [-0.4, -0.2) is 24.4 Å². The van der Waals surface area contributed by atoms with Crippen molar-refractivity contribution in [2.75, 3.05) is 14.2 Å². The van der Waals surface area contributed by atoms with Crippen molar-refractivity contribution in [1.82, 2.24) is 0 Å². The zero-order valence-electron chi connectivity index (χ0n) is 4.15. The van der Waals surface area contributed by atoms with E-state index in [4.69, 9.17) is 10.2 Å². The quantitative estimate of drug-likeness (QED) is 0.479. The summed E-state index contributed by atoms with van der Waals surface area (Å²) in [4.78, 5) is 0. The van der Waals surface area contributed by atoms with Crippen LogP contribution in [0, 0.1) is 0 Å². The van der Waals surface area contributed by atoms with Gasteiger partial charge in [0.1, 0.15) is 0 Å². The van der Waals surface area contributed by atoms with Crippen LogP contribution < -0.4 is 0 Å². The first kappa shape index (κ1) is 15.6. The molecule has 0 saturated heterocycles. The van der Waals surface area contributed by atoms with Gasteiger partial charge in [0.25, 0.3) is 0 Å². The molecule has 0 bridgehead atoms. The van der Waals surface area contributed by atoms with Crippen molar-refractivity contribution in [2.45, 2.75) is 0 Å². The fourth-order valence-corrected chi connectivity index (χ4v) is 0. The van der Waals surface area contributed by atoms with Gasteiger partial charge in [0.2, 0.25) is 0 Å². The number of aliphatic hydroxyl groups is 2. The van der Waals surface area contributed by atoms with Gasteiger partial charge >= 0.3 is 26.4 Å². The second kappa shape index (κ2) is 87.8. The van der Waals surface area contributed by atoms with Gasteiger partial charge < -0.3 is 10.2 Å². The third-order valence-electron chi connectivity index (χ3n) is 0. The van der Waals surface area contributed by atoms with Crippen molar-refractivity contribution in [3.63, 3.8) is 0 Å². The van der Waals surface area contributed by atoms with E-state index in [2.05, 4.69) is 0 Å². The molecule has 0 aliphatic heterocycles. The molecule has 0 aromatic carbocycles. The first-order valence-electron chi connectivity index (χ1n) is 1.27. The van der Waals surface area contributed by atoms with Crippen molar-refractivity contribution < 1.29 is 36.6 Å². The molecule has 5 heteroatoms. The number of hydrogen-bond acceptors (Lipinski definition) is 2. The average molecular weight is 150 g/mol. The van der Waals surface area contributed by atoms with E-state index >= 15 is 0 Å². The first-order valence-corrected chi connectivity index (χ1v) is 2.45. The Bertz CT molecular complexity index is 13.7. The van der Waals surface area contributed by atoms with E-state index in [0.717, 1.165) is 14.2 Å². The van der Waals surface area contributed by atoms with Crippen LogP contribution in [0.1, 0.15) is 0 Å². The standard InChI is InChI=1S/2CH4O.2FH.Ti/c2*1-2;;;/h2*2H,1H3;2*1H;/q;;;;+2/p-2. The fourth-order valence-electron chi connectivity index (χ4n) is 0. The van der Waals surface area contributed by atoms with E-state index in [-0.39, 0.29) is 0 Å². The van der Waals surface area contributed by atoms with Gasteiger partial charge in [-0.2, -0.15) is 0 Å². The molecular weight excluding hydrogens is 142 g/mol. The Morgan fingerprint density at radius 2 is 1.00 bits per heavy atom. The van der Waals surface area contributed by atoms with Crippen molar-refractivity contribution in [1.29, 1.82) is 0 Å². The molecule has 2 nitrogen and oxygen atoms in total. The Labute approximate surface area is 51.4 Å². The molecular formula is C2H8F2O2Ti. The van der Waals surface area contributed by atoms with Crippen molar-refractivity contribution in [3.05, 3.63) is 0 Å². The molecule has 0 heterocycles. The van der Waals surface area contributed by atoms with Crippen LogP contribution in [-0.2, 0) is 20.2 Å². The number of halogens is 2. The Morgan fingerprint density at radius 1 is 1.00 bits per heavy atom. The Balaban J connectivity index is -0.0000000360. The number of hydrogen-bond donors (Lipinski definition) is 2. The molecule has 0 saturated carbocycles. The minimum absolute atomic E-state index is 1.00. The van der Waals surface area contributed by atoms with E-state index in [0.29, 0.717) is 0 Å². The molecule has 0 amide bonds.